The third-order valence-corrected chi connectivity index (χ3v) is 8.02. The van der Waals surface area contributed by atoms with E-state index in [2.05, 4.69) is 19.6 Å². The quantitative estimate of drug-likeness (QED) is 0.797. The lowest BCUT2D eigenvalue weighted by molar-refractivity contribution is -0.114. The van der Waals surface area contributed by atoms with Gasteiger partial charge in [0.25, 0.3) is 0 Å². The van der Waals surface area contributed by atoms with E-state index < -0.39 is 19.1 Å². The molecular formula is C17H23NO2SSi. The fourth-order valence-corrected chi connectivity index (χ4v) is 6.97. The van der Waals surface area contributed by atoms with Gasteiger partial charge in [0, 0.05) is 25.4 Å². The maximum Gasteiger partial charge on any atom is 0.155 e. The van der Waals surface area contributed by atoms with Crippen molar-refractivity contribution in [2.75, 3.05) is 13.1 Å². The molecular weight excluding hydrogens is 310 g/mol. The number of hydrogen-bond acceptors (Lipinski definition) is 2. The second kappa shape index (κ2) is 5.55. The maximum atomic E-state index is 12.8. The fraction of sp³-hybridized carbons (Fsp3) is 0.471. The Bertz CT molecular complexity index is 673. The van der Waals surface area contributed by atoms with Crippen molar-refractivity contribution < 1.29 is 9.00 Å². The molecule has 22 heavy (non-hydrogen) atoms. The molecule has 1 saturated heterocycles. The monoisotopic (exact) mass is 333 g/mol. The van der Waals surface area contributed by atoms with E-state index in [-0.39, 0.29) is 0 Å². The molecule has 1 heterocycles. The Kier molecular flexibility index (Phi) is 3.99. The van der Waals surface area contributed by atoms with Crippen molar-refractivity contribution in [3.05, 3.63) is 40.6 Å². The van der Waals surface area contributed by atoms with Gasteiger partial charge in [-0.05, 0) is 29.8 Å². The average Bonchev–Trinajstić information content (AvgIpc) is 2.93. The average molecular weight is 334 g/mol. The van der Waals surface area contributed by atoms with Gasteiger partial charge in [-0.3, -0.25) is 4.79 Å². The van der Waals surface area contributed by atoms with E-state index in [0.29, 0.717) is 24.7 Å². The van der Waals surface area contributed by atoms with Gasteiger partial charge in [-0.2, -0.15) is 0 Å². The van der Waals surface area contributed by atoms with Crippen molar-refractivity contribution >= 4 is 24.8 Å². The minimum absolute atomic E-state index is 0.295. The SMILES string of the molecule is Cc1ccc(S(=O)N2CC3=C([Si](C)(C)C)C(=O)C[C@@H]3C2)cc1. The minimum Gasteiger partial charge on any atom is -0.295 e. The zero-order valence-electron chi connectivity index (χ0n) is 13.7. The van der Waals surface area contributed by atoms with Crippen LogP contribution in [0.4, 0.5) is 0 Å². The number of nitrogens with zero attached hydrogens (tertiary/aromatic N) is 1. The molecule has 0 radical (unpaired) electrons. The van der Waals surface area contributed by atoms with Gasteiger partial charge in [0.1, 0.15) is 11.0 Å². The molecule has 5 heteroatoms. The number of Topliss-reactive ketones (excluding diaryl/α,β-unsaturated/α-hetero) is 1. The second-order valence-corrected chi connectivity index (χ2v) is 13.8. The topological polar surface area (TPSA) is 37.4 Å². The largest absolute Gasteiger partial charge is 0.295 e. The van der Waals surface area contributed by atoms with Crippen molar-refractivity contribution in [2.45, 2.75) is 37.9 Å². The highest BCUT2D eigenvalue weighted by molar-refractivity contribution is 7.82. The fourth-order valence-electron chi connectivity index (χ4n) is 3.55. The van der Waals surface area contributed by atoms with E-state index in [1.54, 1.807) is 0 Å². The number of carbonyl (C=O) groups excluding carboxylic acids is 1. The van der Waals surface area contributed by atoms with Crippen molar-refractivity contribution in [3.8, 4) is 0 Å². The van der Waals surface area contributed by atoms with Crippen LogP contribution in [0.1, 0.15) is 12.0 Å². The van der Waals surface area contributed by atoms with Gasteiger partial charge >= 0.3 is 0 Å². The molecule has 1 aliphatic heterocycles. The van der Waals surface area contributed by atoms with Gasteiger partial charge in [-0.1, -0.05) is 37.3 Å². The summed E-state index contributed by atoms with van der Waals surface area (Å²) >= 11 is 0. The van der Waals surface area contributed by atoms with Crippen LogP contribution in [0.2, 0.25) is 19.6 Å². The van der Waals surface area contributed by atoms with Gasteiger partial charge < -0.3 is 0 Å². The molecule has 1 aromatic carbocycles. The van der Waals surface area contributed by atoms with Crippen LogP contribution in [0.25, 0.3) is 0 Å². The molecule has 0 N–H and O–H groups in total. The number of carbonyl (C=O) groups is 1. The Morgan fingerprint density at radius 3 is 2.41 bits per heavy atom. The van der Waals surface area contributed by atoms with E-state index in [1.165, 1.54) is 11.1 Å². The van der Waals surface area contributed by atoms with E-state index in [0.717, 1.165) is 16.6 Å². The lowest BCUT2D eigenvalue weighted by Gasteiger charge is -2.20. The molecule has 0 spiro atoms. The summed E-state index contributed by atoms with van der Waals surface area (Å²) in [6.07, 6.45) is 0.622. The number of ketones is 1. The summed E-state index contributed by atoms with van der Waals surface area (Å²) in [7, 11) is -2.75. The standard InChI is InChI=1S/C17H23NO2SSi/c1-12-5-7-14(8-6-12)21(20)18-10-13-9-16(19)17(15(13)11-18)22(2,3)4/h5-8,13H,9-11H2,1-4H3/t13-,21?/m1/s1. The molecule has 1 unspecified atom stereocenters. The van der Waals surface area contributed by atoms with E-state index in [9.17, 15) is 9.00 Å². The van der Waals surface area contributed by atoms with Gasteiger partial charge in [-0.25, -0.2) is 8.51 Å². The van der Waals surface area contributed by atoms with Gasteiger partial charge in [-0.15, -0.1) is 0 Å². The number of rotatable bonds is 3. The molecule has 1 fully saturated rings. The van der Waals surface area contributed by atoms with Crippen LogP contribution in [0, 0.1) is 12.8 Å². The van der Waals surface area contributed by atoms with Crippen LogP contribution >= 0.6 is 0 Å². The van der Waals surface area contributed by atoms with Gasteiger partial charge in [0.05, 0.1) is 13.0 Å². The van der Waals surface area contributed by atoms with Crippen molar-refractivity contribution in [2.24, 2.45) is 5.92 Å². The molecule has 118 valence electrons. The number of allylic oxidation sites excluding steroid dienone is 1. The predicted molar refractivity (Wildman–Crippen MR) is 92.6 cm³/mol. The smallest absolute Gasteiger partial charge is 0.155 e. The molecule has 0 bridgehead atoms. The zero-order chi connectivity index (χ0) is 16.1. The van der Waals surface area contributed by atoms with Crippen LogP contribution in [0.15, 0.2) is 39.9 Å². The molecule has 1 aromatic rings. The van der Waals surface area contributed by atoms with E-state index in [1.807, 2.05) is 35.5 Å². The van der Waals surface area contributed by atoms with E-state index >= 15 is 0 Å². The molecule has 2 atom stereocenters. The van der Waals surface area contributed by atoms with Crippen molar-refractivity contribution in [1.29, 1.82) is 0 Å². The number of benzene rings is 1. The summed E-state index contributed by atoms with van der Waals surface area (Å²) in [6.45, 7) is 10.2. The highest BCUT2D eigenvalue weighted by atomic mass is 32.2. The second-order valence-electron chi connectivity index (χ2n) is 7.36. The first-order valence-electron chi connectivity index (χ1n) is 7.77. The van der Waals surface area contributed by atoms with Crippen LogP contribution in [-0.4, -0.2) is 35.5 Å². The van der Waals surface area contributed by atoms with Crippen LogP contribution in [0.5, 0.6) is 0 Å². The molecule has 2 aliphatic rings. The molecule has 3 nitrogen and oxygen atoms in total. The predicted octanol–water partition coefficient (Wildman–Crippen LogP) is 3.10. The number of fused-ring (bicyclic) bond motifs is 1. The first kappa shape index (κ1) is 15.8. The molecule has 1 aliphatic carbocycles. The molecule has 3 rings (SSSR count). The number of aryl methyl sites for hydroxylation is 1. The first-order chi connectivity index (χ1) is 10.3. The third-order valence-electron chi connectivity index (χ3n) is 4.50. The van der Waals surface area contributed by atoms with Crippen LogP contribution < -0.4 is 0 Å². The Labute approximate surface area is 136 Å². The number of hydrogen-bond donors (Lipinski definition) is 0. The van der Waals surface area contributed by atoms with E-state index in [4.69, 9.17) is 0 Å². The highest BCUT2D eigenvalue weighted by Gasteiger charge is 2.44. The third kappa shape index (κ3) is 2.77. The van der Waals surface area contributed by atoms with Gasteiger partial charge in [0.2, 0.25) is 0 Å². The Hall–Kier alpha value is -1.04. The Morgan fingerprint density at radius 1 is 1.18 bits per heavy atom. The normalized spacial score (nSPS) is 24.0. The Balaban J connectivity index is 1.86. The summed E-state index contributed by atoms with van der Waals surface area (Å²) in [5.41, 5.74) is 2.46. The lowest BCUT2D eigenvalue weighted by Crippen LogP contribution is -2.30. The van der Waals surface area contributed by atoms with Crippen molar-refractivity contribution in [3.63, 3.8) is 0 Å². The Morgan fingerprint density at radius 2 is 1.82 bits per heavy atom. The maximum absolute atomic E-state index is 12.8. The van der Waals surface area contributed by atoms with Crippen LogP contribution in [0.3, 0.4) is 0 Å². The lowest BCUT2D eigenvalue weighted by atomic mass is 10.1. The van der Waals surface area contributed by atoms with Gasteiger partial charge in [0.15, 0.2) is 5.78 Å². The summed E-state index contributed by atoms with van der Waals surface area (Å²) < 4.78 is 14.8. The highest BCUT2D eigenvalue weighted by Crippen LogP contribution is 2.40. The molecule has 0 saturated carbocycles. The molecule has 0 amide bonds. The summed E-state index contributed by atoms with van der Waals surface area (Å²) in [4.78, 5) is 13.2. The first-order valence-corrected chi connectivity index (χ1v) is 12.4. The summed E-state index contributed by atoms with van der Waals surface area (Å²) in [5.74, 6) is 0.642. The molecule has 0 aromatic heterocycles. The zero-order valence-corrected chi connectivity index (χ0v) is 15.5. The van der Waals surface area contributed by atoms with Crippen LogP contribution in [-0.2, 0) is 15.8 Å². The summed E-state index contributed by atoms with van der Waals surface area (Å²) in [6, 6.07) is 7.89. The van der Waals surface area contributed by atoms with Crippen molar-refractivity contribution in [1.82, 2.24) is 4.31 Å². The minimum atomic E-state index is -1.62. The summed E-state index contributed by atoms with van der Waals surface area (Å²) in [5, 5.41) is 1.11.